The molecule has 4 N–H and O–H groups in total. The lowest BCUT2D eigenvalue weighted by Gasteiger charge is -2.67. The fourth-order valence-electron chi connectivity index (χ4n) is 7.66. The highest BCUT2D eigenvalue weighted by atomic mass is 16.6. The van der Waals surface area contributed by atoms with Crippen LogP contribution in [-0.2, 0) is 23.8 Å². The summed E-state index contributed by atoms with van der Waals surface area (Å²) in [5, 5.41) is 46.7. The number of aliphatic hydroxyl groups excluding tert-OH is 3. The zero-order valence-electron chi connectivity index (χ0n) is 22.7. The molecule has 0 aromatic heterocycles. The number of ketones is 1. The molecule has 3 aliphatic carbocycles. The number of benzene rings is 1. The van der Waals surface area contributed by atoms with Gasteiger partial charge < -0.3 is 34.6 Å². The minimum atomic E-state index is -2.07. The number of esters is 2. The van der Waals surface area contributed by atoms with Crippen molar-refractivity contribution < 1.29 is 49.0 Å². The van der Waals surface area contributed by atoms with Gasteiger partial charge in [-0.15, -0.1) is 0 Å². The molecular weight excluding hydrogens is 508 g/mol. The normalized spacial score (nSPS) is 42.7. The van der Waals surface area contributed by atoms with Crippen molar-refractivity contribution >= 4 is 17.7 Å². The van der Waals surface area contributed by atoms with E-state index in [4.69, 9.17) is 14.2 Å². The highest BCUT2D eigenvalue weighted by molar-refractivity contribution is 5.94. The number of aliphatic hydroxyl groups is 4. The molecule has 9 atom stereocenters. The van der Waals surface area contributed by atoms with Gasteiger partial charge in [0.05, 0.1) is 35.7 Å². The molecule has 5 rings (SSSR count). The molecule has 0 spiro atoms. The lowest BCUT2D eigenvalue weighted by molar-refractivity contribution is -0.345. The molecule has 39 heavy (non-hydrogen) atoms. The summed E-state index contributed by atoms with van der Waals surface area (Å²) in [6.07, 6.45) is -7.26. The number of Topliss-reactive ketones (excluding diaryl/α,β-unsaturated/α-hetero) is 1. The number of hydrogen-bond acceptors (Lipinski definition) is 10. The molecule has 2 bridgehead atoms. The van der Waals surface area contributed by atoms with Crippen LogP contribution in [0.4, 0.5) is 0 Å². The van der Waals surface area contributed by atoms with Crippen molar-refractivity contribution in [3.8, 4) is 0 Å². The molecule has 0 radical (unpaired) electrons. The fourth-order valence-corrected chi connectivity index (χ4v) is 7.66. The van der Waals surface area contributed by atoms with Gasteiger partial charge in [0.1, 0.15) is 23.9 Å². The highest BCUT2D eigenvalue weighted by Crippen LogP contribution is 2.63. The molecule has 1 aliphatic heterocycles. The van der Waals surface area contributed by atoms with Crippen molar-refractivity contribution in [3.63, 3.8) is 0 Å². The third-order valence-electron chi connectivity index (χ3n) is 9.95. The Labute approximate surface area is 226 Å². The van der Waals surface area contributed by atoms with Crippen molar-refractivity contribution in [2.24, 2.45) is 16.7 Å². The Hall–Kier alpha value is -2.63. The summed E-state index contributed by atoms with van der Waals surface area (Å²) in [4.78, 5) is 40.3. The molecule has 212 valence electrons. The number of carbonyl (C=O) groups excluding carboxylic acids is 3. The topological polar surface area (TPSA) is 160 Å². The van der Waals surface area contributed by atoms with Crippen LogP contribution in [0.15, 0.2) is 41.5 Å². The summed E-state index contributed by atoms with van der Waals surface area (Å²) in [5.74, 6) is -3.60. The van der Waals surface area contributed by atoms with Gasteiger partial charge in [-0.1, -0.05) is 32.0 Å². The van der Waals surface area contributed by atoms with Crippen LogP contribution in [0, 0.1) is 16.7 Å². The van der Waals surface area contributed by atoms with Crippen molar-refractivity contribution in [2.45, 2.75) is 89.2 Å². The molecule has 4 aliphatic rings. The number of hydrogen-bond donors (Lipinski definition) is 4. The third-order valence-corrected chi connectivity index (χ3v) is 9.95. The van der Waals surface area contributed by atoms with Crippen LogP contribution in [-0.4, -0.2) is 86.5 Å². The number of rotatable bonds is 3. The van der Waals surface area contributed by atoms with Crippen LogP contribution in [0.1, 0.15) is 57.8 Å². The Morgan fingerprint density at radius 3 is 2.28 bits per heavy atom. The smallest absolute Gasteiger partial charge is 0.338 e. The molecule has 10 heteroatoms. The Kier molecular flexibility index (Phi) is 6.40. The van der Waals surface area contributed by atoms with Gasteiger partial charge in [-0.05, 0) is 37.1 Å². The van der Waals surface area contributed by atoms with E-state index in [2.05, 4.69) is 0 Å². The number of fused-ring (bicyclic) bond motifs is 5. The molecule has 1 aromatic carbocycles. The largest absolute Gasteiger partial charge is 0.455 e. The van der Waals surface area contributed by atoms with Crippen LogP contribution < -0.4 is 0 Å². The van der Waals surface area contributed by atoms with Crippen LogP contribution in [0.3, 0.4) is 0 Å². The van der Waals surface area contributed by atoms with Gasteiger partial charge in [-0.3, -0.25) is 9.59 Å². The van der Waals surface area contributed by atoms with Gasteiger partial charge in [-0.25, -0.2) is 4.79 Å². The van der Waals surface area contributed by atoms with Crippen LogP contribution in [0.25, 0.3) is 0 Å². The fraction of sp³-hybridized carbons (Fsp3) is 0.621. The van der Waals surface area contributed by atoms with E-state index in [9.17, 15) is 34.8 Å². The molecule has 3 fully saturated rings. The van der Waals surface area contributed by atoms with Gasteiger partial charge in [0.25, 0.3) is 0 Å². The molecule has 1 saturated heterocycles. The van der Waals surface area contributed by atoms with E-state index in [1.807, 2.05) is 0 Å². The van der Waals surface area contributed by atoms with Crippen LogP contribution in [0.5, 0.6) is 0 Å². The predicted octanol–water partition coefficient (Wildman–Crippen LogP) is 1.08. The number of ether oxygens (including phenoxy) is 3. The Morgan fingerprint density at radius 2 is 1.72 bits per heavy atom. The SMILES string of the molecule is CC(=O)O[C@@]12CO[C@@H]1CC(O)[C@@]1(C)C(=O)[C@H](O)C3=C(C)[C@@H](O)CC(O)([C@@H](OC(=O)c4ccccc4)[C@H]21)C3(C)C. The van der Waals surface area contributed by atoms with Crippen LogP contribution >= 0.6 is 0 Å². The molecule has 0 amide bonds. The quantitative estimate of drug-likeness (QED) is 0.320. The van der Waals surface area contributed by atoms with Gasteiger partial charge in [0.2, 0.25) is 0 Å². The summed E-state index contributed by atoms with van der Waals surface area (Å²) < 4.78 is 17.7. The maximum absolute atomic E-state index is 14.3. The monoisotopic (exact) mass is 544 g/mol. The maximum atomic E-state index is 14.3. The van der Waals surface area contributed by atoms with Crippen molar-refractivity contribution in [1.82, 2.24) is 0 Å². The van der Waals surface area contributed by atoms with Crippen LogP contribution in [0.2, 0.25) is 0 Å². The average molecular weight is 545 g/mol. The summed E-state index contributed by atoms with van der Waals surface area (Å²) in [5.41, 5.74) is -6.24. The second-order valence-electron chi connectivity index (χ2n) is 12.2. The van der Waals surface area contributed by atoms with E-state index in [0.717, 1.165) is 0 Å². The second kappa shape index (κ2) is 8.94. The van der Waals surface area contributed by atoms with Crippen molar-refractivity contribution in [2.75, 3.05) is 6.61 Å². The van der Waals surface area contributed by atoms with E-state index in [1.165, 1.54) is 26.0 Å². The minimum Gasteiger partial charge on any atom is -0.455 e. The average Bonchev–Trinajstić information content (AvgIpc) is 2.87. The van der Waals surface area contributed by atoms with Gasteiger partial charge >= 0.3 is 11.9 Å². The summed E-state index contributed by atoms with van der Waals surface area (Å²) >= 11 is 0. The van der Waals surface area contributed by atoms with E-state index in [-0.39, 0.29) is 30.6 Å². The molecular formula is C29H36O10. The summed E-state index contributed by atoms with van der Waals surface area (Å²) in [6.45, 7) is 7.29. The van der Waals surface area contributed by atoms with E-state index < -0.39 is 76.2 Å². The standard InChI is InChI=1S/C29H36O10/c1-14-17(31)12-29(36)24(38-25(35)16-9-7-6-8-10-16)22-27(5,23(34)21(33)20(14)26(29,3)4)18(32)11-19-28(22,13-37-19)39-15(2)30/h6-10,17-19,21-22,24,31-33,36H,11-13H2,1-5H3/t17-,18?,19+,21+,22-,24-,27+,28-,29?/m0/s1. The summed E-state index contributed by atoms with van der Waals surface area (Å²) in [6, 6.07) is 8.08. The summed E-state index contributed by atoms with van der Waals surface area (Å²) in [7, 11) is 0. The Bertz CT molecular complexity index is 1240. The molecule has 1 heterocycles. The minimum absolute atomic E-state index is 0.0828. The first-order valence-corrected chi connectivity index (χ1v) is 13.2. The predicted molar refractivity (Wildman–Crippen MR) is 135 cm³/mol. The zero-order valence-corrected chi connectivity index (χ0v) is 22.7. The molecule has 2 saturated carbocycles. The van der Waals surface area contributed by atoms with E-state index in [0.29, 0.717) is 5.57 Å². The first-order valence-electron chi connectivity index (χ1n) is 13.2. The second-order valence-corrected chi connectivity index (χ2v) is 12.2. The lowest BCUT2D eigenvalue weighted by atomic mass is 9.44. The highest BCUT2D eigenvalue weighted by Gasteiger charge is 2.77. The Balaban J connectivity index is 1.81. The first kappa shape index (κ1) is 27.9. The molecule has 1 aromatic rings. The van der Waals surface area contributed by atoms with Crippen molar-refractivity contribution in [3.05, 3.63) is 47.0 Å². The molecule has 2 unspecified atom stereocenters. The number of carbonyl (C=O) groups is 3. The van der Waals surface area contributed by atoms with Gasteiger partial charge in [-0.2, -0.15) is 0 Å². The Morgan fingerprint density at radius 1 is 1.08 bits per heavy atom. The lowest BCUT2D eigenvalue weighted by Crippen LogP contribution is -2.81. The van der Waals surface area contributed by atoms with Gasteiger partial charge in [0, 0.05) is 25.2 Å². The van der Waals surface area contributed by atoms with Gasteiger partial charge in [0.15, 0.2) is 11.4 Å². The third kappa shape index (κ3) is 3.62. The van der Waals surface area contributed by atoms with E-state index in [1.54, 1.807) is 39.0 Å². The van der Waals surface area contributed by atoms with Crippen molar-refractivity contribution in [1.29, 1.82) is 0 Å². The maximum Gasteiger partial charge on any atom is 0.338 e. The van der Waals surface area contributed by atoms with E-state index >= 15 is 0 Å². The first-order chi connectivity index (χ1) is 18.1. The molecule has 10 nitrogen and oxygen atoms in total. The zero-order chi connectivity index (χ0) is 28.7.